The lowest BCUT2D eigenvalue weighted by molar-refractivity contribution is -0.152. The average Bonchev–Trinajstić information content (AvgIpc) is 2.88. The first-order chi connectivity index (χ1) is 17.8. The summed E-state index contributed by atoms with van der Waals surface area (Å²) in [7, 11) is 1.57. The molecule has 0 saturated heterocycles. The van der Waals surface area contributed by atoms with E-state index < -0.39 is 29.7 Å². The zero-order chi connectivity index (χ0) is 26.7. The monoisotopic (exact) mass is 523 g/mol. The molecule has 0 unspecified atom stereocenters. The van der Waals surface area contributed by atoms with Crippen LogP contribution in [0.2, 0.25) is 5.02 Å². The topological polar surface area (TPSA) is 90.9 Å². The maximum atomic E-state index is 14.3. The Morgan fingerprint density at radius 1 is 1.03 bits per heavy atom. The lowest BCUT2D eigenvalue weighted by atomic mass is 9.67. The van der Waals surface area contributed by atoms with Gasteiger partial charge in [-0.25, -0.2) is 4.79 Å². The minimum Gasteiger partial charge on any atom is -0.497 e. The predicted molar refractivity (Wildman–Crippen MR) is 139 cm³/mol. The van der Waals surface area contributed by atoms with Crippen LogP contribution in [0.3, 0.4) is 0 Å². The second kappa shape index (κ2) is 11.2. The van der Waals surface area contributed by atoms with Crippen LogP contribution in [0.1, 0.15) is 50.2 Å². The zero-order valence-electron chi connectivity index (χ0n) is 21.3. The quantitative estimate of drug-likeness (QED) is 0.400. The molecule has 7 nitrogen and oxygen atoms in total. The second-order valence-corrected chi connectivity index (χ2v) is 9.38. The van der Waals surface area contributed by atoms with E-state index in [1.165, 1.54) is 0 Å². The highest BCUT2D eigenvalue weighted by Crippen LogP contribution is 2.48. The fourth-order valence-electron chi connectivity index (χ4n) is 5.19. The highest BCUT2D eigenvalue weighted by Gasteiger charge is 2.49. The normalized spacial score (nSPS) is 21.2. The average molecular weight is 524 g/mol. The molecule has 194 valence electrons. The van der Waals surface area contributed by atoms with Gasteiger partial charge in [-0.3, -0.25) is 9.59 Å². The molecular formula is C29H30ClNO6. The van der Waals surface area contributed by atoms with Crippen molar-refractivity contribution in [3.63, 3.8) is 0 Å². The molecule has 2 aromatic carbocycles. The summed E-state index contributed by atoms with van der Waals surface area (Å²) in [6.07, 6.45) is 0.370. The number of halogens is 1. The Kier molecular flexibility index (Phi) is 8.03. The number of ketones is 1. The van der Waals surface area contributed by atoms with Crippen LogP contribution in [-0.2, 0) is 23.9 Å². The number of carbonyl (C=O) groups is 3. The molecule has 3 atom stereocenters. The number of dihydropyridines is 1. The van der Waals surface area contributed by atoms with E-state index in [0.29, 0.717) is 45.3 Å². The van der Waals surface area contributed by atoms with Crippen LogP contribution in [-0.4, -0.2) is 38.0 Å². The molecule has 2 aromatic rings. The number of carbonyl (C=O) groups excluding carboxylic acids is 3. The van der Waals surface area contributed by atoms with Crippen LogP contribution in [0.4, 0.5) is 0 Å². The Hall–Kier alpha value is -3.58. The fraction of sp³-hybridized carbons (Fsp3) is 0.345. The van der Waals surface area contributed by atoms with Gasteiger partial charge in [0.1, 0.15) is 11.7 Å². The highest BCUT2D eigenvalue weighted by molar-refractivity contribution is 6.30. The minimum absolute atomic E-state index is 0.144. The van der Waals surface area contributed by atoms with Gasteiger partial charge < -0.3 is 19.5 Å². The molecule has 0 amide bonds. The highest BCUT2D eigenvalue weighted by atomic mass is 35.5. The van der Waals surface area contributed by atoms with E-state index in [4.69, 9.17) is 25.8 Å². The molecule has 8 heteroatoms. The van der Waals surface area contributed by atoms with E-state index in [0.717, 1.165) is 5.56 Å². The molecule has 0 aromatic heterocycles. The number of Topliss-reactive ketones (excluding diaryl/α,β-unsaturated/α-hetero) is 1. The van der Waals surface area contributed by atoms with Crippen molar-refractivity contribution in [2.24, 2.45) is 5.92 Å². The van der Waals surface area contributed by atoms with Crippen molar-refractivity contribution in [3.05, 3.63) is 87.2 Å². The molecule has 4 rings (SSSR count). The third-order valence-corrected chi connectivity index (χ3v) is 7.03. The molecule has 1 N–H and O–H groups in total. The Labute approximate surface area is 221 Å². The van der Waals surface area contributed by atoms with Gasteiger partial charge in [-0.15, -0.1) is 0 Å². The molecule has 0 fully saturated rings. The molecule has 0 saturated carbocycles. The molecule has 1 aliphatic heterocycles. The standard InChI is InChI=1S/C29H30ClNO6/c1-5-36-28(33)23-16(3)31-22-15-21(18-8-7-9-20(14-18)35-4)25(29(34)37-6-2)27(32)26(22)24(23)17-10-12-19(30)13-11-17/h7-14,21,24-25,31H,5-6,15H2,1-4H3/t21-,24-,25+/m1/s1. The molecule has 0 bridgehead atoms. The van der Waals surface area contributed by atoms with Crippen LogP contribution in [0.5, 0.6) is 5.75 Å². The van der Waals surface area contributed by atoms with E-state index in [-0.39, 0.29) is 19.0 Å². The van der Waals surface area contributed by atoms with E-state index >= 15 is 0 Å². The van der Waals surface area contributed by atoms with E-state index in [1.54, 1.807) is 52.1 Å². The molecule has 1 heterocycles. The maximum absolute atomic E-state index is 14.3. The van der Waals surface area contributed by atoms with Gasteiger partial charge >= 0.3 is 11.9 Å². The van der Waals surface area contributed by atoms with E-state index in [9.17, 15) is 14.4 Å². The molecule has 0 spiro atoms. The van der Waals surface area contributed by atoms with Gasteiger partial charge in [-0.2, -0.15) is 0 Å². The SMILES string of the molecule is CCOC(=O)C1=C(C)NC2=C(C(=O)[C@@H](C(=O)OCC)[C@@H](c3cccc(OC)c3)C2)[C@@H]1c1ccc(Cl)cc1. The number of hydrogen-bond donors (Lipinski definition) is 1. The van der Waals surface area contributed by atoms with Gasteiger partial charge in [0.15, 0.2) is 5.78 Å². The van der Waals surface area contributed by atoms with Crippen molar-refractivity contribution in [3.8, 4) is 5.75 Å². The summed E-state index contributed by atoms with van der Waals surface area (Å²) >= 11 is 6.14. The first-order valence-corrected chi connectivity index (χ1v) is 12.7. The second-order valence-electron chi connectivity index (χ2n) is 8.94. The van der Waals surface area contributed by atoms with Crippen molar-refractivity contribution in [1.82, 2.24) is 5.32 Å². The van der Waals surface area contributed by atoms with Crippen LogP contribution >= 0.6 is 11.6 Å². The Balaban J connectivity index is 1.89. The predicted octanol–water partition coefficient (Wildman–Crippen LogP) is 5.06. The lowest BCUT2D eigenvalue weighted by Gasteiger charge is -2.39. The van der Waals surface area contributed by atoms with E-state index in [1.807, 2.05) is 24.3 Å². The van der Waals surface area contributed by atoms with Crippen molar-refractivity contribution < 1.29 is 28.6 Å². The van der Waals surface area contributed by atoms with Gasteiger partial charge in [0.05, 0.1) is 25.9 Å². The number of nitrogens with one attached hydrogen (secondary N) is 1. The Morgan fingerprint density at radius 3 is 2.38 bits per heavy atom. The summed E-state index contributed by atoms with van der Waals surface area (Å²) in [5.41, 5.74) is 3.47. The number of rotatable bonds is 7. The smallest absolute Gasteiger partial charge is 0.336 e. The largest absolute Gasteiger partial charge is 0.497 e. The Morgan fingerprint density at radius 2 is 1.73 bits per heavy atom. The van der Waals surface area contributed by atoms with Gasteiger partial charge in [0.2, 0.25) is 0 Å². The van der Waals surface area contributed by atoms with Crippen molar-refractivity contribution >= 4 is 29.3 Å². The summed E-state index contributed by atoms with van der Waals surface area (Å²) in [5, 5.41) is 3.83. The number of ether oxygens (including phenoxy) is 3. The van der Waals surface area contributed by atoms with Crippen LogP contribution in [0.15, 0.2) is 71.1 Å². The van der Waals surface area contributed by atoms with Crippen LogP contribution < -0.4 is 10.1 Å². The summed E-state index contributed by atoms with van der Waals surface area (Å²) in [5.74, 6) is -3.14. The third kappa shape index (κ3) is 5.14. The number of benzene rings is 2. The summed E-state index contributed by atoms with van der Waals surface area (Å²) in [6, 6.07) is 14.4. The maximum Gasteiger partial charge on any atom is 0.336 e. The van der Waals surface area contributed by atoms with E-state index in [2.05, 4.69) is 5.32 Å². The van der Waals surface area contributed by atoms with Gasteiger partial charge in [0, 0.05) is 33.8 Å². The molecule has 2 aliphatic rings. The molecule has 37 heavy (non-hydrogen) atoms. The molecule has 1 aliphatic carbocycles. The van der Waals surface area contributed by atoms with Gasteiger partial charge in [0.25, 0.3) is 0 Å². The number of hydrogen-bond acceptors (Lipinski definition) is 7. The third-order valence-electron chi connectivity index (χ3n) is 6.78. The fourth-order valence-corrected chi connectivity index (χ4v) is 5.32. The first kappa shape index (κ1) is 26.5. The number of methoxy groups -OCH3 is 1. The summed E-state index contributed by atoms with van der Waals surface area (Å²) in [6.45, 7) is 5.56. The van der Waals surface area contributed by atoms with Crippen molar-refractivity contribution in [1.29, 1.82) is 0 Å². The molecular weight excluding hydrogens is 494 g/mol. The zero-order valence-corrected chi connectivity index (χ0v) is 22.1. The minimum atomic E-state index is -1.08. The summed E-state index contributed by atoms with van der Waals surface area (Å²) in [4.78, 5) is 40.6. The van der Waals surface area contributed by atoms with Crippen LogP contribution in [0.25, 0.3) is 0 Å². The van der Waals surface area contributed by atoms with Crippen LogP contribution in [0, 0.1) is 5.92 Å². The lowest BCUT2D eigenvalue weighted by Crippen LogP contribution is -2.43. The number of allylic oxidation sites excluding steroid dienone is 3. The number of esters is 2. The summed E-state index contributed by atoms with van der Waals surface area (Å²) < 4.78 is 16.1. The van der Waals surface area contributed by atoms with Gasteiger partial charge in [-0.1, -0.05) is 35.9 Å². The molecule has 0 radical (unpaired) electrons. The first-order valence-electron chi connectivity index (χ1n) is 12.3. The Bertz CT molecular complexity index is 1280. The van der Waals surface area contributed by atoms with Crippen molar-refractivity contribution in [2.75, 3.05) is 20.3 Å². The van der Waals surface area contributed by atoms with Gasteiger partial charge in [-0.05, 0) is 62.6 Å². The van der Waals surface area contributed by atoms with Crippen molar-refractivity contribution in [2.45, 2.75) is 39.0 Å².